The van der Waals surface area contributed by atoms with Crippen LogP contribution in [-0.4, -0.2) is 36.3 Å². The predicted octanol–water partition coefficient (Wildman–Crippen LogP) is 1.25. The van der Waals surface area contributed by atoms with E-state index in [0.717, 1.165) is 0 Å². The van der Waals surface area contributed by atoms with E-state index in [-0.39, 0.29) is 0 Å². The molecule has 0 heterocycles. The summed E-state index contributed by atoms with van der Waals surface area (Å²) in [5.74, 6) is 0. The molecule has 0 aliphatic rings. The molecule has 0 saturated heterocycles. The summed E-state index contributed by atoms with van der Waals surface area (Å²) in [6, 6.07) is 0. The van der Waals surface area contributed by atoms with E-state index in [1.807, 2.05) is 0 Å². The Bertz CT molecular complexity index is 112. The van der Waals surface area contributed by atoms with Crippen molar-refractivity contribution in [1.82, 2.24) is 0 Å². The molecule has 0 bridgehead atoms. The summed E-state index contributed by atoms with van der Waals surface area (Å²) >= 11 is 0. The molecule has 0 aromatic heterocycles. The summed E-state index contributed by atoms with van der Waals surface area (Å²) in [6.07, 6.45) is 0. The molecule has 0 saturated carbocycles. The van der Waals surface area contributed by atoms with E-state index in [0.29, 0.717) is 0 Å². The van der Waals surface area contributed by atoms with E-state index in [1.165, 1.54) is 24.1 Å². The van der Waals surface area contributed by atoms with Crippen molar-refractivity contribution in [2.24, 2.45) is 0 Å². The van der Waals surface area contributed by atoms with Crippen molar-refractivity contribution in [2.45, 2.75) is 20.8 Å². The van der Waals surface area contributed by atoms with Crippen LogP contribution in [0.2, 0.25) is 0 Å². The molecular formula is C7H18N2O3. The van der Waals surface area contributed by atoms with Gasteiger partial charge in [-0.3, -0.25) is 0 Å². The lowest BCUT2D eigenvalue weighted by Crippen LogP contribution is -2.42. The lowest BCUT2D eigenvalue weighted by Gasteiger charge is -2.30. The highest BCUT2D eigenvalue weighted by molar-refractivity contribution is 4.24. The van der Waals surface area contributed by atoms with Crippen molar-refractivity contribution >= 4 is 0 Å². The van der Waals surface area contributed by atoms with Crippen molar-refractivity contribution in [3.8, 4) is 0 Å². The monoisotopic (exact) mass is 178 g/mol. The maximum atomic E-state index is 8.25. The van der Waals surface area contributed by atoms with E-state index in [4.69, 9.17) is 15.3 Å². The average molecular weight is 178 g/mol. The predicted molar refractivity (Wildman–Crippen MR) is 48.2 cm³/mol. The van der Waals surface area contributed by atoms with Crippen LogP contribution in [0.1, 0.15) is 20.8 Å². The third-order valence-corrected chi connectivity index (χ3v) is 2.29. The molecule has 0 unspecified atom stereocenters. The molecule has 74 valence electrons. The third kappa shape index (κ3) is 9.16. The van der Waals surface area contributed by atoms with Gasteiger partial charge in [0, 0.05) is 0 Å². The first-order valence-corrected chi connectivity index (χ1v) is 4.06. The van der Waals surface area contributed by atoms with E-state index >= 15 is 0 Å². The molecule has 0 amide bonds. The van der Waals surface area contributed by atoms with Crippen LogP contribution in [-0.2, 0) is 0 Å². The number of nitrogens with zero attached hydrogens (tertiary/aromatic N) is 2. The molecule has 0 aromatic rings. The summed E-state index contributed by atoms with van der Waals surface area (Å²) < 4.78 is 1.21. The van der Waals surface area contributed by atoms with Gasteiger partial charge in [0.2, 0.25) is 0 Å². The first-order valence-electron chi connectivity index (χ1n) is 4.06. The largest absolute Gasteiger partial charge is 0.356 e. The quantitative estimate of drug-likeness (QED) is 0.371. The fourth-order valence-corrected chi connectivity index (χ4v) is 0.671. The second-order valence-electron chi connectivity index (χ2n) is 2.79. The Hall–Kier alpha value is -0.840. The molecule has 5 heteroatoms. The summed E-state index contributed by atoms with van der Waals surface area (Å²) in [7, 11) is 2.29. The Labute approximate surface area is 73.3 Å². The number of hydrogen-bond acceptors (Lipinski definition) is 3. The highest BCUT2D eigenvalue weighted by Gasteiger charge is 2.10. The van der Waals surface area contributed by atoms with Crippen LogP contribution in [0, 0.1) is 15.3 Å². The zero-order valence-corrected chi connectivity index (χ0v) is 8.24. The maximum absolute atomic E-state index is 8.25. The number of quaternary nitrogens is 1. The zero-order chi connectivity index (χ0) is 10.2. The molecule has 0 atom stereocenters. The molecular weight excluding hydrogens is 160 g/mol. The van der Waals surface area contributed by atoms with Crippen LogP contribution in [0.5, 0.6) is 0 Å². The Balaban J connectivity index is 0. The summed E-state index contributed by atoms with van der Waals surface area (Å²) in [5.41, 5.74) is 0. The van der Waals surface area contributed by atoms with Gasteiger partial charge in [-0.1, -0.05) is 0 Å². The van der Waals surface area contributed by atoms with Crippen LogP contribution < -0.4 is 0 Å². The van der Waals surface area contributed by atoms with Gasteiger partial charge in [0.15, 0.2) is 0 Å². The van der Waals surface area contributed by atoms with Gasteiger partial charge < -0.3 is 19.8 Å². The minimum absolute atomic E-state index is 1.21. The molecule has 0 spiro atoms. The van der Waals surface area contributed by atoms with Crippen LogP contribution in [0.3, 0.4) is 0 Å². The lowest BCUT2D eigenvalue weighted by molar-refractivity contribution is -0.904. The van der Waals surface area contributed by atoms with Crippen LogP contribution in [0.4, 0.5) is 0 Å². The van der Waals surface area contributed by atoms with Gasteiger partial charge in [-0.25, -0.2) is 0 Å². The minimum atomic E-state index is -1.75. The molecule has 12 heavy (non-hydrogen) atoms. The topological polar surface area (TPSA) is 66.2 Å². The second-order valence-corrected chi connectivity index (χ2v) is 2.79. The van der Waals surface area contributed by atoms with Gasteiger partial charge in [0.25, 0.3) is 0 Å². The van der Waals surface area contributed by atoms with Crippen molar-refractivity contribution < 1.29 is 9.57 Å². The van der Waals surface area contributed by atoms with Crippen LogP contribution >= 0.6 is 0 Å². The van der Waals surface area contributed by atoms with Gasteiger partial charge in [-0.2, -0.15) is 0 Å². The van der Waals surface area contributed by atoms with E-state index in [1.54, 1.807) is 0 Å². The van der Waals surface area contributed by atoms with Crippen molar-refractivity contribution in [3.05, 3.63) is 15.3 Å². The molecule has 0 radical (unpaired) electrons. The SMILES string of the molecule is CC[N+](C)(CC)CC.O=[N+]([O-])[O-]. The summed E-state index contributed by atoms with van der Waals surface area (Å²) in [6.45, 7) is 10.5. The highest BCUT2D eigenvalue weighted by atomic mass is 16.9. The van der Waals surface area contributed by atoms with E-state index in [9.17, 15) is 0 Å². The van der Waals surface area contributed by atoms with Crippen LogP contribution in [0.25, 0.3) is 0 Å². The molecule has 0 aromatic carbocycles. The average Bonchev–Trinajstić information content (AvgIpc) is 2.02. The third-order valence-electron chi connectivity index (χ3n) is 2.29. The van der Waals surface area contributed by atoms with Crippen molar-refractivity contribution in [2.75, 3.05) is 26.7 Å². The number of hydrogen-bond donors (Lipinski definition) is 0. The van der Waals surface area contributed by atoms with Crippen LogP contribution in [0.15, 0.2) is 0 Å². The second kappa shape index (κ2) is 6.84. The standard InChI is InChI=1S/C7H18N.NO3/c1-5-8(4,6-2)7-3;2-1(3)4/h5-7H2,1-4H3;/q+1;-1. The van der Waals surface area contributed by atoms with Gasteiger partial charge in [-0.05, 0) is 20.8 Å². The van der Waals surface area contributed by atoms with Gasteiger partial charge in [0.1, 0.15) is 0 Å². The molecule has 0 rings (SSSR count). The normalized spacial score (nSPS) is 10.0. The smallest absolute Gasteiger partial charge is 0.0755 e. The molecule has 0 aliphatic carbocycles. The van der Waals surface area contributed by atoms with E-state index in [2.05, 4.69) is 27.8 Å². The Morgan fingerprint density at radius 1 is 1.08 bits per heavy atom. The Kier molecular flexibility index (Phi) is 7.83. The molecule has 0 N–H and O–H groups in total. The summed E-state index contributed by atoms with van der Waals surface area (Å²) in [4.78, 5) is 8.25. The first-order chi connectivity index (χ1) is 5.41. The van der Waals surface area contributed by atoms with Crippen molar-refractivity contribution in [1.29, 1.82) is 0 Å². The van der Waals surface area contributed by atoms with Gasteiger partial charge >= 0.3 is 0 Å². The van der Waals surface area contributed by atoms with E-state index < -0.39 is 5.09 Å². The lowest BCUT2D eigenvalue weighted by atomic mass is 10.4. The number of rotatable bonds is 3. The fourth-order valence-electron chi connectivity index (χ4n) is 0.671. The minimum Gasteiger partial charge on any atom is -0.356 e. The zero-order valence-electron chi connectivity index (χ0n) is 8.24. The first kappa shape index (κ1) is 13.7. The Morgan fingerprint density at radius 3 is 1.25 bits per heavy atom. The maximum Gasteiger partial charge on any atom is 0.0755 e. The molecule has 0 fully saturated rings. The van der Waals surface area contributed by atoms with Crippen molar-refractivity contribution in [3.63, 3.8) is 0 Å². The highest BCUT2D eigenvalue weighted by Crippen LogP contribution is 1.97. The van der Waals surface area contributed by atoms with Gasteiger partial charge in [-0.15, -0.1) is 0 Å². The van der Waals surface area contributed by atoms with Gasteiger partial charge in [0.05, 0.1) is 31.8 Å². The Morgan fingerprint density at radius 2 is 1.25 bits per heavy atom. The molecule has 0 aliphatic heterocycles. The molecule has 5 nitrogen and oxygen atoms in total. The fraction of sp³-hybridized carbons (Fsp3) is 1.00. The summed E-state index contributed by atoms with van der Waals surface area (Å²) in [5, 5.41) is 14.8.